The average Bonchev–Trinajstić information content (AvgIpc) is 2.45. The maximum atomic E-state index is 12.0. The lowest BCUT2D eigenvalue weighted by atomic mass is 9.90. The Balaban J connectivity index is 2.47. The third-order valence-corrected chi connectivity index (χ3v) is 3.17. The molecule has 6 nitrogen and oxygen atoms in total. The molecule has 0 spiro atoms. The third kappa shape index (κ3) is 2.54. The molecule has 0 radical (unpaired) electrons. The molecule has 2 rings (SSSR count). The highest BCUT2D eigenvalue weighted by atomic mass is 16.5. The Kier molecular flexibility index (Phi) is 4.12. The third-order valence-electron chi connectivity index (χ3n) is 3.17. The summed E-state index contributed by atoms with van der Waals surface area (Å²) in [6.45, 7) is 2.01. The fourth-order valence-electron chi connectivity index (χ4n) is 2.24. The molecule has 0 fully saturated rings. The number of carbonyl (C=O) groups excluding carboxylic acids is 2. The number of amides is 1. The minimum absolute atomic E-state index is 0.0708. The predicted octanol–water partition coefficient (Wildman–Crippen LogP) is 1.69. The highest BCUT2D eigenvalue weighted by Gasteiger charge is 2.33. The van der Waals surface area contributed by atoms with E-state index < -0.39 is 11.9 Å². The topological polar surface area (TPSA) is 73.9 Å². The van der Waals surface area contributed by atoms with Gasteiger partial charge in [0.15, 0.2) is 11.5 Å². The van der Waals surface area contributed by atoms with Gasteiger partial charge < -0.3 is 19.5 Å². The Morgan fingerprint density at radius 1 is 1.30 bits per heavy atom. The molecule has 6 heteroatoms. The summed E-state index contributed by atoms with van der Waals surface area (Å²) in [5.41, 5.74) is 1.23. The van der Waals surface area contributed by atoms with Gasteiger partial charge in [0.2, 0.25) is 5.91 Å². The van der Waals surface area contributed by atoms with Crippen LogP contribution < -0.4 is 14.8 Å². The molecule has 0 saturated carbocycles. The number of rotatable bonds is 4. The van der Waals surface area contributed by atoms with E-state index in [0.717, 1.165) is 0 Å². The molecule has 1 unspecified atom stereocenters. The van der Waals surface area contributed by atoms with E-state index in [0.29, 0.717) is 22.7 Å². The van der Waals surface area contributed by atoms with Crippen LogP contribution in [0.3, 0.4) is 0 Å². The van der Waals surface area contributed by atoms with E-state index in [4.69, 9.17) is 14.2 Å². The van der Waals surface area contributed by atoms with E-state index in [1.807, 2.05) is 0 Å². The van der Waals surface area contributed by atoms with Crippen molar-refractivity contribution in [3.8, 4) is 11.5 Å². The number of anilines is 1. The molecule has 1 aromatic rings. The number of carbonyl (C=O) groups is 2. The number of benzene rings is 1. The van der Waals surface area contributed by atoms with Gasteiger partial charge in [-0.1, -0.05) is 0 Å². The van der Waals surface area contributed by atoms with Crippen LogP contribution in [0.5, 0.6) is 11.5 Å². The summed E-state index contributed by atoms with van der Waals surface area (Å²) in [7, 11) is 3.03. The number of ether oxygens (including phenoxy) is 3. The van der Waals surface area contributed by atoms with Crippen molar-refractivity contribution in [1.29, 1.82) is 0 Å². The minimum atomic E-state index is -0.612. The maximum absolute atomic E-state index is 12.0. The van der Waals surface area contributed by atoms with Gasteiger partial charge in [-0.3, -0.25) is 9.59 Å². The average molecular weight is 279 g/mol. The number of esters is 1. The molecule has 1 atom stereocenters. The Morgan fingerprint density at radius 3 is 2.55 bits per heavy atom. The van der Waals surface area contributed by atoms with Crippen LogP contribution in [0.4, 0.5) is 5.69 Å². The van der Waals surface area contributed by atoms with Crippen LogP contribution in [-0.2, 0) is 14.3 Å². The zero-order chi connectivity index (χ0) is 14.7. The summed E-state index contributed by atoms with van der Waals surface area (Å²) in [5, 5.41) is 2.73. The van der Waals surface area contributed by atoms with E-state index in [9.17, 15) is 9.59 Å². The summed E-state index contributed by atoms with van der Waals surface area (Å²) in [5.74, 6) is -0.232. The molecule has 0 saturated heterocycles. The van der Waals surface area contributed by atoms with Gasteiger partial charge in [0.25, 0.3) is 0 Å². The molecule has 20 heavy (non-hydrogen) atoms. The van der Waals surface area contributed by atoms with Crippen molar-refractivity contribution in [2.24, 2.45) is 0 Å². The Bertz CT molecular complexity index is 541. The zero-order valence-electron chi connectivity index (χ0n) is 11.7. The van der Waals surface area contributed by atoms with E-state index in [1.165, 1.54) is 14.2 Å². The highest BCUT2D eigenvalue weighted by molar-refractivity contribution is 6.00. The van der Waals surface area contributed by atoms with E-state index in [2.05, 4.69) is 5.32 Å². The normalized spacial score (nSPS) is 16.9. The van der Waals surface area contributed by atoms with Crippen LogP contribution in [0, 0.1) is 0 Å². The standard InChI is InChI=1S/C14H17NO5/c1-4-20-14(17)9-6-13(16)15-10-7-12(19-3)11(18-2)5-8(9)10/h5,7,9H,4,6H2,1-3H3,(H,15,16). The zero-order valence-corrected chi connectivity index (χ0v) is 11.7. The fourth-order valence-corrected chi connectivity index (χ4v) is 2.24. The molecule has 0 aliphatic carbocycles. The molecule has 1 aromatic carbocycles. The molecule has 1 aliphatic heterocycles. The molecular formula is C14H17NO5. The van der Waals surface area contributed by atoms with Crippen LogP contribution >= 0.6 is 0 Å². The van der Waals surface area contributed by atoms with Crippen LogP contribution in [0.1, 0.15) is 24.8 Å². The number of nitrogens with one attached hydrogen (secondary N) is 1. The summed E-state index contributed by atoms with van der Waals surface area (Å²) in [6, 6.07) is 3.35. The van der Waals surface area contributed by atoms with Crippen molar-refractivity contribution >= 4 is 17.6 Å². The number of hydrogen-bond donors (Lipinski definition) is 1. The molecule has 108 valence electrons. The van der Waals surface area contributed by atoms with Crippen LogP contribution in [0.25, 0.3) is 0 Å². The highest BCUT2D eigenvalue weighted by Crippen LogP contribution is 2.40. The van der Waals surface area contributed by atoms with Crippen LogP contribution in [0.15, 0.2) is 12.1 Å². The van der Waals surface area contributed by atoms with Gasteiger partial charge >= 0.3 is 5.97 Å². The van der Waals surface area contributed by atoms with Crippen molar-refractivity contribution in [2.75, 3.05) is 26.1 Å². The van der Waals surface area contributed by atoms with Crippen LogP contribution in [-0.4, -0.2) is 32.7 Å². The first-order valence-electron chi connectivity index (χ1n) is 6.33. The fraction of sp³-hybridized carbons (Fsp3) is 0.429. The van der Waals surface area contributed by atoms with E-state index in [-0.39, 0.29) is 18.9 Å². The van der Waals surface area contributed by atoms with Crippen molar-refractivity contribution in [1.82, 2.24) is 0 Å². The van der Waals surface area contributed by atoms with Gasteiger partial charge in [-0.25, -0.2) is 0 Å². The summed E-state index contributed by atoms with van der Waals surface area (Å²) >= 11 is 0. The Hall–Kier alpha value is -2.24. The molecule has 1 N–H and O–H groups in total. The number of fused-ring (bicyclic) bond motifs is 1. The molecule has 1 amide bonds. The summed E-state index contributed by atoms with van der Waals surface area (Å²) in [6.07, 6.45) is 0.0708. The van der Waals surface area contributed by atoms with Crippen molar-refractivity contribution < 1.29 is 23.8 Å². The minimum Gasteiger partial charge on any atom is -0.493 e. The van der Waals surface area contributed by atoms with Gasteiger partial charge in [0.1, 0.15) is 0 Å². The molecule has 1 heterocycles. The Labute approximate surface area is 117 Å². The SMILES string of the molecule is CCOC(=O)C1CC(=O)Nc2cc(OC)c(OC)cc21. The lowest BCUT2D eigenvalue weighted by Gasteiger charge is -2.25. The first-order valence-corrected chi connectivity index (χ1v) is 6.33. The second kappa shape index (κ2) is 5.81. The molecular weight excluding hydrogens is 262 g/mol. The predicted molar refractivity (Wildman–Crippen MR) is 72.2 cm³/mol. The van der Waals surface area contributed by atoms with Gasteiger partial charge in [-0.2, -0.15) is 0 Å². The molecule has 0 bridgehead atoms. The van der Waals surface area contributed by atoms with Crippen molar-refractivity contribution in [2.45, 2.75) is 19.3 Å². The molecule has 1 aliphatic rings. The maximum Gasteiger partial charge on any atom is 0.314 e. The van der Waals surface area contributed by atoms with E-state index >= 15 is 0 Å². The summed E-state index contributed by atoms with van der Waals surface area (Å²) < 4.78 is 15.4. The van der Waals surface area contributed by atoms with E-state index in [1.54, 1.807) is 19.1 Å². The smallest absolute Gasteiger partial charge is 0.314 e. The van der Waals surface area contributed by atoms with Gasteiger partial charge in [0.05, 0.1) is 26.7 Å². The second-order valence-electron chi connectivity index (χ2n) is 4.35. The second-order valence-corrected chi connectivity index (χ2v) is 4.35. The largest absolute Gasteiger partial charge is 0.493 e. The van der Waals surface area contributed by atoms with Crippen molar-refractivity contribution in [3.05, 3.63) is 17.7 Å². The molecule has 0 aromatic heterocycles. The van der Waals surface area contributed by atoms with Crippen LogP contribution in [0.2, 0.25) is 0 Å². The first kappa shape index (κ1) is 14.2. The van der Waals surface area contributed by atoms with Gasteiger partial charge in [-0.05, 0) is 18.6 Å². The lowest BCUT2D eigenvalue weighted by molar-refractivity contribution is -0.146. The number of hydrogen-bond acceptors (Lipinski definition) is 5. The number of methoxy groups -OCH3 is 2. The lowest BCUT2D eigenvalue weighted by Crippen LogP contribution is -2.28. The Morgan fingerprint density at radius 2 is 1.95 bits per heavy atom. The monoisotopic (exact) mass is 279 g/mol. The summed E-state index contributed by atoms with van der Waals surface area (Å²) in [4.78, 5) is 23.7. The van der Waals surface area contributed by atoms with Gasteiger partial charge in [0, 0.05) is 18.2 Å². The van der Waals surface area contributed by atoms with Gasteiger partial charge in [-0.15, -0.1) is 0 Å². The first-order chi connectivity index (χ1) is 9.60. The van der Waals surface area contributed by atoms with Crippen molar-refractivity contribution in [3.63, 3.8) is 0 Å². The quantitative estimate of drug-likeness (QED) is 0.849.